The average molecular weight is 415 g/mol. The highest BCUT2D eigenvalue weighted by molar-refractivity contribution is 5.93. The van der Waals surface area contributed by atoms with Gasteiger partial charge in [0.15, 0.2) is 0 Å². The number of aromatic nitrogens is 1. The molecule has 6 nitrogen and oxygen atoms in total. The summed E-state index contributed by atoms with van der Waals surface area (Å²) in [6.07, 6.45) is 2.18. The molecular formula is C25H25N3O3. The molecule has 0 spiro atoms. The maximum Gasteiger partial charge on any atom is 0.272 e. The highest BCUT2D eigenvalue weighted by atomic mass is 16.5. The van der Waals surface area contributed by atoms with Crippen LogP contribution in [0.25, 0.3) is 11.1 Å². The lowest BCUT2D eigenvalue weighted by molar-refractivity contribution is -0.124. The Bertz CT molecular complexity index is 1030. The quantitative estimate of drug-likeness (QED) is 0.695. The molecule has 2 amide bonds. The number of nitrogens with one attached hydrogen (secondary N) is 1. The number of ether oxygens (including phenoxy) is 1. The third-order valence-electron chi connectivity index (χ3n) is 5.52. The number of rotatable bonds is 5. The first kappa shape index (κ1) is 20.6. The Balaban J connectivity index is 1.46. The van der Waals surface area contributed by atoms with Crippen molar-refractivity contribution in [2.45, 2.75) is 6.42 Å². The maximum absolute atomic E-state index is 12.8. The van der Waals surface area contributed by atoms with Crippen molar-refractivity contribution in [3.05, 3.63) is 84.2 Å². The molecule has 0 unspecified atom stereocenters. The first-order valence-corrected chi connectivity index (χ1v) is 10.4. The molecule has 6 heteroatoms. The van der Waals surface area contributed by atoms with Crippen LogP contribution in [0, 0.1) is 5.92 Å². The monoisotopic (exact) mass is 415 g/mol. The number of methoxy groups -OCH3 is 1. The average Bonchev–Trinajstić information content (AvgIpc) is 3.01. The van der Waals surface area contributed by atoms with Crippen molar-refractivity contribution in [3.8, 4) is 16.9 Å². The second-order valence-corrected chi connectivity index (χ2v) is 7.58. The van der Waals surface area contributed by atoms with E-state index in [4.69, 9.17) is 4.74 Å². The van der Waals surface area contributed by atoms with E-state index in [1.165, 1.54) is 0 Å². The van der Waals surface area contributed by atoms with E-state index < -0.39 is 0 Å². The van der Waals surface area contributed by atoms with Crippen LogP contribution >= 0.6 is 0 Å². The van der Waals surface area contributed by atoms with Crippen molar-refractivity contribution in [3.63, 3.8) is 0 Å². The number of pyridine rings is 1. The molecule has 0 aliphatic carbocycles. The summed E-state index contributed by atoms with van der Waals surface area (Å²) in [6.45, 7) is 1.31. The third-order valence-corrected chi connectivity index (χ3v) is 5.52. The standard InChI is InChI=1S/C25H25N3O3/c1-31-22-11-9-20(10-12-22)19-7-5-18(6-8-19)16-21-17-28(15-14-27-24(21)29)25(30)23-4-2-3-13-26-23/h2-13,21H,14-17H2,1H3,(H,27,29)/t21-/m0/s1. The van der Waals surface area contributed by atoms with Crippen LogP contribution in [-0.2, 0) is 11.2 Å². The van der Waals surface area contributed by atoms with Crippen LogP contribution in [-0.4, -0.2) is 48.4 Å². The van der Waals surface area contributed by atoms with Crippen molar-refractivity contribution in [1.82, 2.24) is 15.2 Å². The number of benzene rings is 2. The molecular weight excluding hydrogens is 390 g/mol. The Kier molecular flexibility index (Phi) is 6.26. The molecule has 1 aliphatic heterocycles. The third kappa shape index (κ3) is 4.91. The lowest BCUT2D eigenvalue weighted by Gasteiger charge is -2.23. The van der Waals surface area contributed by atoms with E-state index in [1.807, 2.05) is 36.4 Å². The van der Waals surface area contributed by atoms with E-state index in [2.05, 4.69) is 22.4 Å². The predicted molar refractivity (Wildman–Crippen MR) is 119 cm³/mol. The van der Waals surface area contributed by atoms with Gasteiger partial charge in [0.25, 0.3) is 5.91 Å². The van der Waals surface area contributed by atoms with Gasteiger partial charge in [-0.1, -0.05) is 42.5 Å². The van der Waals surface area contributed by atoms with Crippen LogP contribution in [0.4, 0.5) is 0 Å². The fraction of sp³-hybridized carbons (Fsp3) is 0.240. The fourth-order valence-corrected chi connectivity index (χ4v) is 3.79. The highest BCUT2D eigenvalue weighted by Gasteiger charge is 2.28. The molecule has 1 aromatic heterocycles. The topological polar surface area (TPSA) is 71.5 Å². The largest absolute Gasteiger partial charge is 0.497 e. The normalized spacial score (nSPS) is 16.4. The van der Waals surface area contributed by atoms with Crippen molar-refractivity contribution < 1.29 is 14.3 Å². The second kappa shape index (κ2) is 9.43. The Morgan fingerprint density at radius 3 is 2.42 bits per heavy atom. The number of carbonyl (C=O) groups excluding carboxylic acids is 2. The summed E-state index contributed by atoms with van der Waals surface area (Å²) in [5.41, 5.74) is 3.67. The lowest BCUT2D eigenvalue weighted by Crippen LogP contribution is -2.37. The molecule has 3 aromatic rings. The molecule has 1 aliphatic rings. The van der Waals surface area contributed by atoms with Crippen LogP contribution in [0.5, 0.6) is 5.75 Å². The molecule has 0 saturated carbocycles. The summed E-state index contributed by atoms with van der Waals surface area (Å²) in [5.74, 6) is 0.360. The summed E-state index contributed by atoms with van der Waals surface area (Å²) >= 11 is 0. The Labute approximate surface area is 181 Å². The molecule has 0 bridgehead atoms. The fourth-order valence-electron chi connectivity index (χ4n) is 3.79. The lowest BCUT2D eigenvalue weighted by atomic mass is 9.96. The Morgan fingerprint density at radius 2 is 1.77 bits per heavy atom. The van der Waals surface area contributed by atoms with Gasteiger partial charge in [-0.3, -0.25) is 14.6 Å². The van der Waals surface area contributed by atoms with Crippen LogP contribution in [0.1, 0.15) is 16.1 Å². The predicted octanol–water partition coefficient (Wildman–Crippen LogP) is 3.19. The van der Waals surface area contributed by atoms with E-state index in [9.17, 15) is 9.59 Å². The number of amides is 2. The van der Waals surface area contributed by atoms with Crippen LogP contribution < -0.4 is 10.1 Å². The van der Waals surface area contributed by atoms with Gasteiger partial charge in [-0.15, -0.1) is 0 Å². The summed E-state index contributed by atoms with van der Waals surface area (Å²) < 4.78 is 5.21. The summed E-state index contributed by atoms with van der Waals surface area (Å²) in [4.78, 5) is 31.3. The smallest absolute Gasteiger partial charge is 0.272 e. The van der Waals surface area contributed by atoms with Gasteiger partial charge in [-0.25, -0.2) is 0 Å². The molecule has 2 aromatic carbocycles. The number of carbonyl (C=O) groups is 2. The maximum atomic E-state index is 12.8. The van der Waals surface area contributed by atoms with Crippen LogP contribution in [0.2, 0.25) is 0 Å². The van der Waals surface area contributed by atoms with E-state index in [-0.39, 0.29) is 17.7 Å². The SMILES string of the molecule is COc1ccc(-c2ccc(C[C@H]3CN(C(=O)c4ccccn4)CCNC3=O)cc2)cc1. The van der Waals surface area contributed by atoms with Gasteiger partial charge >= 0.3 is 0 Å². The van der Waals surface area contributed by atoms with Crippen molar-refractivity contribution >= 4 is 11.8 Å². The van der Waals surface area contributed by atoms with Crippen molar-refractivity contribution in [2.24, 2.45) is 5.92 Å². The number of hydrogen-bond acceptors (Lipinski definition) is 4. The first-order chi connectivity index (χ1) is 15.1. The summed E-state index contributed by atoms with van der Waals surface area (Å²) in [6, 6.07) is 21.4. The summed E-state index contributed by atoms with van der Waals surface area (Å²) in [7, 11) is 1.65. The zero-order valence-corrected chi connectivity index (χ0v) is 17.5. The molecule has 1 N–H and O–H groups in total. The van der Waals surface area contributed by atoms with Crippen molar-refractivity contribution in [2.75, 3.05) is 26.7 Å². The zero-order chi connectivity index (χ0) is 21.6. The van der Waals surface area contributed by atoms with E-state index >= 15 is 0 Å². The Hall–Kier alpha value is -3.67. The first-order valence-electron chi connectivity index (χ1n) is 10.4. The van der Waals surface area contributed by atoms with Gasteiger partial charge in [0.05, 0.1) is 13.0 Å². The van der Waals surface area contributed by atoms with E-state index in [1.54, 1.807) is 36.4 Å². The zero-order valence-electron chi connectivity index (χ0n) is 17.5. The van der Waals surface area contributed by atoms with Gasteiger partial charge in [-0.05, 0) is 47.4 Å². The molecule has 4 rings (SSSR count). The number of hydrogen-bond donors (Lipinski definition) is 1. The molecule has 0 radical (unpaired) electrons. The van der Waals surface area contributed by atoms with Crippen molar-refractivity contribution in [1.29, 1.82) is 0 Å². The molecule has 158 valence electrons. The molecule has 1 saturated heterocycles. The van der Waals surface area contributed by atoms with Gasteiger partial charge in [0.2, 0.25) is 5.91 Å². The molecule has 31 heavy (non-hydrogen) atoms. The van der Waals surface area contributed by atoms with Gasteiger partial charge in [-0.2, -0.15) is 0 Å². The molecule has 1 atom stereocenters. The van der Waals surface area contributed by atoms with Gasteiger partial charge < -0.3 is 15.0 Å². The van der Waals surface area contributed by atoms with Crippen LogP contribution in [0.3, 0.4) is 0 Å². The number of nitrogens with zero attached hydrogens (tertiary/aromatic N) is 2. The second-order valence-electron chi connectivity index (χ2n) is 7.58. The van der Waals surface area contributed by atoms with Crippen LogP contribution in [0.15, 0.2) is 72.9 Å². The minimum Gasteiger partial charge on any atom is -0.497 e. The van der Waals surface area contributed by atoms with E-state index in [0.717, 1.165) is 22.4 Å². The van der Waals surface area contributed by atoms with Gasteiger partial charge in [0.1, 0.15) is 11.4 Å². The molecule has 1 fully saturated rings. The van der Waals surface area contributed by atoms with E-state index in [0.29, 0.717) is 31.7 Å². The summed E-state index contributed by atoms with van der Waals surface area (Å²) in [5, 5.41) is 2.93. The minimum atomic E-state index is -0.304. The molecule has 2 heterocycles. The Morgan fingerprint density at radius 1 is 1.06 bits per heavy atom. The van der Waals surface area contributed by atoms with Gasteiger partial charge in [0, 0.05) is 25.8 Å². The minimum absolute atomic E-state index is 0.0180. The highest BCUT2D eigenvalue weighted by Crippen LogP contribution is 2.24.